The van der Waals surface area contributed by atoms with E-state index in [-0.39, 0.29) is 23.5 Å². The molecule has 1 spiro atoms. The molecular weight excluding hydrogens is 406 g/mol. The van der Waals surface area contributed by atoms with Gasteiger partial charge in [-0.2, -0.15) is 0 Å². The number of halogens is 1. The Hall–Kier alpha value is -1.99. The number of anilines is 2. The highest BCUT2D eigenvalue weighted by Gasteiger charge is 2.50. The van der Waals surface area contributed by atoms with Gasteiger partial charge in [-0.25, -0.2) is 4.79 Å². The predicted molar refractivity (Wildman–Crippen MR) is 116 cm³/mol. The molecule has 1 aliphatic carbocycles. The number of amides is 2. The molecule has 1 atom stereocenters. The normalized spacial score (nSPS) is 29.5. The van der Waals surface area contributed by atoms with Gasteiger partial charge in [0, 0.05) is 38.4 Å². The van der Waals surface area contributed by atoms with Crippen LogP contribution in [-0.4, -0.2) is 65.9 Å². The molecule has 2 saturated heterocycles. The Kier molecular flexibility index (Phi) is 5.86. The molecule has 0 bridgehead atoms. The van der Waals surface area contributed by atoms with Gasteiger partial charge >= 0.3 is 6.09 Å². The molecule has 4 rings (SSSR count). The van der Waals surface area contributed by atoms with Gasteiger partial charge in [-0.3, -0.25) is 9.69 Å². The largest absolute Gasteiger partial charge is 0.465 e. The summed E-state index contributed by atoms with van der Waals surface area (Å²) in [6.07, 6.45) is 4.75. The lowest BCUT2D eigenvalue weighted by Crippen LogP contribution is -2.50. The molecule has 3 aliphatic rings. The Balaban J connectivity index is 1.49. The van der Waals surface area contributed by atoms with Crippen LogP contribution in [0.2, 0.25) is 5.02 Å². The average molecular weight is 436 g/mol. The number of carboxylic acid groups (broad SMARTS) is 1. The van der Waals surface area contributed by atoms with Gasteiger partial charge in [-0.15, -0.1) is 0 Å². The third-order valence-corrected chi connectivity index (χ3v) is 7.48. The molecule has 164 valence electrons. The molecule has 7 nitrogen and oxygen atoms in total. The van der Waals surface area contributed by atoms with Crippen LogP contribution in [0, 0.1) is 5.41 Å². The number of carbonyl (C=O) groups is 2. The number of hydrogen-bond acceptors (Lipinski definition) is 4. The first-order valence-electron chi connectivity index (χ1n) is 10.8. The number of piperidine rings is 1. The smallest absolute Gasteiger partial charge is 0.411 e. The Bertz CT molecular complexity index is 827. The quantitative estimate of drug-likeness (QED) is 0.758. The van der Waals surface area contributed by atoms with Crippen LogP contribution in [0.4, 0.5) is 16.2 Å². The highest BCUT2D eigenvalue weighted by atomic mass is 35.5. The minimum Gasteiger partial charge on any atom is -0.465 e. The lowest BCUT2D eigenvalue weighted by molar-refractivity contribution is -0.139. The Labute approximate surface area is 182 Å². The van der Waals surface area contributed by atoms with E-state index in [1.807, 2.05) is 6.07 Å². The van der Waals surface area contributed by atoms with Crippen molar-refractivity contribution in [2.24, 2.45) is 5.41 Å². The summed E-state index contributed by atoms with van der Waals surface area (Å²) in [6, 6.07) is 5.54. The Morgan fingerprint density at radius 2 is 1.93 bits per heavy atom. The molecular formula is C22H30ClN3O4. The molecule has 1 aromatic rings. The molecule has 1 saturated carbocycles. The topological polar surface area (TPSA) is 84.3 Å². The number of aliphatic hydroxyl groups excluding tert-OH is 1. The maximum Gasteiger partial charge on any atom is 0.411 e. The molecule has 8 heteroatoms. The third-order valence-electron chi connectivity index (χ3n) is 7.18. The van der Waals surface area contributed by atoms with Crippen molar-refractivity contribution in [3.63, 3.8) is 0 Å². The van der Waals surface area contributed by atoms with Crippen molar-refractivity contribution in [3.05, 3.63) is 23.2 Å². The fourth-order valence-electron chi connectivity index (χ4n) is 5.35. The van der Waals surface area contributed by atoms with Gasteiger partial charge in [0.2, 0.25) is 5.91 Å². The monoisotopic (exact) mass is 435 g/mol. The number of hydrogen-bond donors (Lipinski definition) is 2. The van der Waals surface area contributed by atoms with Crippen LogP contribution in [0.25, 0.3) is 0 Å². The summed E-state index contributed by atoms with van der Waals surface area (Å²) in [7, 11) is 1.49. The van der Waals surface area contributed by atoms with E-state index >= 15 is 0 Å². The Morgan fingerprint density at radius 3 is 2.60 bits per heavy atom. The average Bonchev–Trinajstić information content (AvgIpc) is 3.03. The van der Waals surface area contributed by atoms with Crippen molar-refractivity contribution in [1.82, 2.24) is 4.90 Å². The summed E-state index contributed by atoms with van der Waals surface area (Å²) in [6.45, 7) is 2.27. The van der Waals surface area contributed by atoms with E-state index < -0.39 is 6.09 Å². The fourth-order valence-corrected chi connectivity index (χ4v) is 5.65. The van der Waals surface area contributed by atoms with Crippen LogP contribution in [0.1, 0.15) is 44.9 Å². The minimum absolute atomic E-state index is 0.219. The second-order valence-corrected chi connectivity index (χ2v) is 9.40. The van der Waals surface area contributed by atoms with Gasteiger partial charge < -0.3 is 20.0 Å². The number of aliphatic hydroxyl groups is 1. The second kappa shape index (κ2) is 8.27. The van der Waals surface area contributed by atoms with Gasteiger partial charge in [0.25, 0.3) is 0 Å². The maximum absolute atomic E-state index is 13.5. The third kappa shape index (κ3) is 3.85. The summed E-state index contributed by atoms with van der Waals surface area (Å²) in [5, 5.41) is 19.5. The highest BCUT2D eigenvalue weighted by Crippen LogP contribution is 2.44. The predicted octanol–water partition coefficient (Wildman–Crippen LogP) is 3.58. The number of carbonyl (C=O) groups excluding carboxylic acids is 1. The van der Waals surface area contributed by atoms with Gasteiger partial charge in [-0.05, 0) is 63.1 Å². The molecule has 0 aromatic heterocycles. The minimum atomic E-state index is -1.04. The molecule has 3 fully saturated rings. The number of likely N-dealkylation sites (tertiary alicyclic amines) is 1. The van der Waals surface area contributed by atoms with Crippen molar-refractivity contribution in [2.45, 2.75) is 57.1 Å². The maximum atomic E-state index is 13.5. The summed E-state index contributed by atoms with van der Waals surface area (Å²) in [4.78, 5) is 30.1. The summed E-state index contributed by atoms with van der Waals surface area (Å²) >= 11 is 6.53. The first-order valence-corrected chi connectivity index (χ1v) is 11.2. The van der Waals surface area contributed by atoms with E-state index in [1.54, 1.807) is 12.1 Å². The number of benzene rings is 1. The highest BCUT2D eigenvalue weighted by molar-refractivity contribution is 6.33. The van der Waals surface area contributed by atoms with Gasteiger partial charge in [0.15, 0.2) is 0 Å². The van der Waals surface area contributed by atoms with Crippen LogP contribution >= 0.6 is 11.6 Å². The van der Waals surface area contributed by atoms with E-state index in [4.69, 9.17) is 11.6 Å². The standard InChI is InChI=1S/C22H30ClN3O4/c1-24(21(29)30)16-5-8-19(18(23)13-16)25-11-2-9-22(14-25)10-12-26(20(22)28)15-3-6-17(27)7-4-15/h5,8,13,15,17,27H,2-4,6-7,9-12,14H2,1H3,(H,29,30)/t15?,17?,22-/m0/s1. The fraction of sp³-hybridized carbons (Fsp3) is 0.636. The van der Waals surface area contributed by atoms with Crippen molar-refractivity contribution in [2.75, 3.05) is 36.5 Å². The molecule has 1 aromatic carbocycles. The van der Waals surface area contributed by atoms with Crippen LogP contribution in [0.5, 0.6) is 0 Å². The lowest BCUT2D eigenvalue weighted by Gasteiger charge is -2.41. The molecule has 2 amide bonds. The molecule has 0 unspecified atom stereocenters. The first kappa shape index (κ1) is 21.2. The molecule has 2 aliphatic heterocycles. The zero-order valence-corrected chi connectivity index (χ0v) is 18.1. The van der Waals surface area contributed by atoms with Gasteiger partial charge in [0.05, 0.1) is 22.2 Å². The van der Waals surface area contributed by atoms with Crippen molar-refractivity contribution in [3.8, 4) is 0 Å². The zero-order valence-electron chi connectivity index (χ0n) is 17.4. The first-order chi connectivity index (χ1) is 14.3. The number of nitrogens with zero attached hydrogens (tertiary/aromatic N) is 3. The van der Waals surface area contributed by atoms with Crippen molar-refractivity contribution in [1.29, 1.82) is 0 Å². The summed E-state index contributed by atoms with van der Waals surface area (Å²) in [5.74, 6) is 0.256. The van der Waals surface area contributed by atoms with Crippen LogP contribution in [0.3, 0.4) is 0 Å². The van der Waals surface area contributed by atoms with Gasteiger partial charge in [-0.1, -0.05) is 11.6 Å². The van der Waals surface area contributed by atoms with E-state index in [2.05, 4.69) is 9.80 Å². The van der Waals surface area contributed by atoms with Crippen molar-refractivity contribution >= 4 is 35.0 Å². The summed E-state index contributed by atoms with van der Waals surface area (Å²) < 4.78 is 0. The van der Waals surface area contributed by atoms with Crippen LogP contribution < -0.4 is 9.80 Å². The lowest BCUT2D eigenvalue weighted by atomic mass is 9.78. The van der Waals surface area contributed by atoms with E-state index in [0.29, 0.717) is 17.3 Å². The molecule has 30 heavy (non-hydrogen) atoms. The Morgan fingerprint density at radius 1 is 1.20 bits per heavy atom. The van der Waals surface area contributed by atoms with Crippen LogP contribution in [0.15, 0.2) is 18.2 Å². The van der Waals surface area contributed by atoms with E-state index in [0.717, 1.165) is 68.6 Å². The summed E-state index contributed by atoms with van der Waals surface area (Å²) in [5.41, 5.74) is 1.00. The van der Waals surface area contributed by atoms with E-state index in [9.17, 15) is 19.8 Å². The molecule has 0 radical (unpaired) electrons. The van der Waals surface area contributed by atoms with E-state index in [1.165, 1.54) is 7.05 Å². The molecule has 2 N–H and O–H groups in total. The van der Waals surface area contributed by atoms with Crippen LogP contribution in [-0.2, 0) is 4.79 Å². The second-order valence-electron chi connectivity index (χ2n) is 8.99. The van der Waals surface area contributed by atoms with Crippen molar-refractivity contribution < 1.29 is 19.8 Å². The zero-order chi connectivity index (χ0) is 21.5. The molecule has 2 heterocycles. The number of rotatable bonds is 3. The SMILES string of the molecule is CN(C(=O)O)c1ccc(N2CCC[C@]3(CCN(C4CCC(O)CC4)C3=O)C2)c(Cl)c1. The van der Waals surface area contributed by atoms with Gasteiger partial charge in [0.1, 0.15) is 0 Å².